The molecule has 3 aromatic rings. The lowest BCUT2D eigenvalue weighted by atomic mass is 10.2. The van der Waals surface area contributed by atoms with Gasteiger partial charge in [0.2, 0.25) is 0 Å². The highest BCUT2D eigenvalue weighted by Crippen LogP contribution is 2.42. The first-order valence-electron chi connectivity index (χ1n) is 11.5. The van der Waals surface area contributed by atoms with Crippen molar-refractivity contribution in [2.24, 2.45) is 4.99 Å². The molecule has 0 saturated carbocycles. The maximum Gasteiger partial charge on any atom is 0.250 e. The summed E-state index contributed by atoms with van der Waals surface area (Å²) in [5.41, 5.74) is 1.64. The van der Waals surface area contributed by atoms with E-state index in [0.29, 0.717) is 46.6 Å². The third-order valence-corrected chi connectivity index (χ3v) is 6.08. The molecule has 0 amide bonds. The van der Waals surface area contributed by atoms with Gasteiger partial charge in [0.15, 0.2) is 23.0 Å². The summed E-state index contributed by atoms with van der Waals surface area (Å²) >= 11 is 5.91. The topological polar surface area (TPSA) is 90.3 Å². The van der Waals surface area contributed by atoms with Crippen molar-refractivity contribution in [3.8, 4) is 23.1 Å². The third kappa shape index (κ3) is 5.51. The minimum Gasteiger partial charge on any atom is -0.493 e. The van der Waals surface area contributed by atoms with Gasteiger partial charge in [-0.3, -0.25) is 4.90 Å². The van der Waals surface area contributed by atoms with E-state index in [2.05, 4.69) is 25.2 Å². The minimum atomic E-state index is -0.506. The summed E-state index contributed by atoms with van der Waals surface area (Å²) in [7, 11) is 1.58. The lowest BCUT2D eigenvalue weighted by Crippen LogP contribution is -2.37. The number of nitrogens with zero attached hydrogens (tertiary/aromatic N) is 4. The molecular formula is C25H25ClFN5O4. The quantitative estimate of drug-likeness (QED) is 0.330. The lowest BCUT2D eigenvalue weighted by Gasteiger charge is -2.26. The summed E-state index contributed by atoms with van der Waals surface area (Å²) in [6.07, 6.45) is 3.90. The molecule has 188 valence electrons. The summed E-state index contributed by atoms with van der Waals surface area (Å²) in [5.74, 6) is 1.81. The van der Waals surface area contributed by atoms with Gasteiger partial charge in [0.05, 0.1) is 32.0 Å². The molecule has 0 atom stereocenters. The number of hydrogen-bond donors (Lipinski definition) is 1. The second kappa shape index (κ2) is 11.1. The second-order valence-corrected chi connectivity index (χ2v) is 8.59. The number of hydrogen-bond acceptors (Lipinski definition) is 9. The number of nitrogens with one attached hydrogen (secondary N) is 1. The molecule has 1 saturated heterocycles. The molecule has 0 unspecified atom stereocenters. The SMILES string of the molecule is COc1cc2c(cc1OCCCN1CCOCC1)C=Nc1c(Nc3ccc(F)c(Cl)c3)ncnc1O2. The Kier molecular flexibility index (Phi) is 7.45. The highest BCUT2D eigenvalue weighted by Gasteiger charge is 2.21. The number of anilines is 2. The molecule has 2 aromatic carbocycles. The number of benzene rings is 2. The van der Waals surface area contributed by atoms with Crippen molar-refractivity contribution in [1.29, 1.82) is 0 Å². The fraction of sp³-hybridized carbons (Fsp3) is 0.320. The van der Waals surface area contributed by atoms with E-state index in [-0.39, 0.29) is 10.9 Å². The van der Waals surface area contributed by atoms with E-state index in [0.717, 1.165) is 39.3 Å². The number of methoxy groups -OCH3 is 1. The summed E-state index contributed by atoms with van der Waals surface area (Å²) in [5, 5.41) is 3.09. The highest BCUT2D eigenvalue weighted by molar-refractivity contribution is 6.31. The summed E-state index contributed by atoms with van der Waals surface area (Å²) in [6, 6.07) is 7.88. The van der Waals surface area contributed by atoms with Gasteiger partial charge in [0.25, 0.3) is 5.88 Å². The predicted molar refractivity (Wildman–Crippen MR) is 134 cm³/mol. The molecule has 5 rings (SSSR count). The van der Waals surface area contributed by atoms with E-state index in [1.54, 1.807) is 25.5 Å². The molecule has 1 N–H and O–H groups in total. The molecule has 9 nitrogen and oxygen atoms in total. The van der Waals surface area contributed by atoms with Crippen molar-refractivity contribution in [3.05, 3.63) is 53.1 Å². The minimum absolute atomic E-state index is 0.00290. The van der Waals surface area contributed by atoms with Crippen molar-refractivity contribution < 1.29 is 23.3 Å². The highest BCUT2D eigenvalue weighted by atomic mass is 35.5. The van der Waals surface area contributed by atoms with Gasteiger partial charge < -0.3 is 24.3 Å². The Hall–Kier alpha value is -3.47. The van der Waals surface area contributed by atoms with Gasteiger partial charge in [0.1, 0.15) is 17.9 Å². The molecule has 3 heterocycles. The van der Waals surface area contributed by atoms with Crippen LogP contribution in [0.2, 0.25) is 5.02 Å². The molecule has 0 spiro atoms. The van der Waals surface area contributed by atoms with Crippen molar-refractivity contribution in [2.45, 2.75) is 6.42 Å². The Morgan fingerprint density at radius 1 is 1.14 bits per heavy atom. The van der Waals surface area contributed by atoms with E-state index in [4.69, 9.17) is 30.5 Å². The number of fused-ring (bicyclic) bond motifs is 2. The van der Waals surface area contributed by atoms with Crippen molar-refractivity contribution in [2.75, 3.05) is 51.9 Å². The monoisotopic (exact) mass is 513 g/mol. The molecule has 11 heteroatoms. The number of aromatic nitrogens is 2. The van der Waals surface area contributed by atoms with Gasteiger partial charge in [-0.1, -0.05) is 11.6 Å². The summed E-state index contributed by atoms with van der Waals surface area (Å²) in [6.45, 7) is 4.95. The fourth-order valence-electron chi connectivity index (χ4n) is 3.91. The van der Waals surface area contributed by atoms with Crippen LogP contribution >= 0.6 is 11.6 Å². The molecule has 0 bridgehead atoms. The number of aliphatic imine (C=N–C) groups is 1. The smallest absolute Gasteiger partial charge is 0.250 e. The van der Waals surface area contributed by atoms with Crippen molar-refractivity contribution >= 4 is 35.0 Å². The summed E-state index contributed by atoms with van der Waals surface area (Å²) in [4.78, 5) is 15.4. The van der Waals surface area contributed by atoms with Gasteiger partial charge in [-0.2, -0.15) is 4.98 Å². The molecular weight excluding hydrogens is 489 g/mol. The Labute approximate surface area is 212 Å². The predicted octanol–water partition coefficient (Wildman–Crippen LogP) is 4.98. The first kappa shape index (κ1) is 24.2. The van der Waals surface area contributed by atoms with Crippen LogP contribution in [-0.4, -0.2) is 67.6 Å². The first-order valence-corrected chi connectivity index (χ1v) is 11.9. The van der Waals surface area contributed by atoms with E-state index >= 15 is 0 Å². The maximum atomic E-state index is 13.5. The van der Waals surface area contributed by atoms with Crippen LogP contribution in [0.25, 0.3) is 0 Å². The summed E-state index contributed by atoms with van der Waals surface area (Å²) < 4.78 is 36.6. The van der Waals surface area contributed by atoms with Crippen LogP contribution in [-0.2, 0) is 4.74 Å². The normalized spacial score (nSPS) is 14.9. The largest absolute Gasteiger partial charge is 0.493 e. The van der Waals surface area contributed by atoms with Crippen LogP contribution in [0.1, 0.15) is 12.0 Å². The maximum absolute atomic E-state index is 13.5. The van der Waals surface area contributed by atoms with Crippen molar-refractivity contribution in [3.63, 3.8) is 0 Å². The van der Waals surface area contributed by atoms with Crippen LogP contribution < -0.4 is 19.5 Å². The molecule has 36 heavy (non-hydrogen) atoms. The van der Waals surface area contributed by atoms with Crippen molar-refractivity contribution in [1.82, 2.24) is 14.9 Å². The second-order valence-electron chi connectivity index (χ2n) is 8.19. The molecule has 1 fully saturated rings. The number of halogens is 2. The van der Waals surface area contributed by atoms with Crippen LogP contribution in [0.5, 0.6) is 23.1 Å². The van der Waals surface area contributed by atoms with Crippen LogP contribution in [0, 0.1) is 5.82 Å². The van der Waals surface area contributed by atoms with Gasteiger partial charge in [-0.15, -0.1) is 0 Å². The zero-order chi connectivity index (χ0) is 24.9. The third-order valence-electron chi connectivity index (χ3n) is 5.79. The number of rotatable bonds is 8. The zero-order valence-corrected chi connectivity index (χ0v) is 20.4. The molecule has 1 aromatic heterocycles. The Morgan fingerprint density at radius 2 is 2.00 bits per heavy atom. The Balaban J connectivity index is 1.33. The number of ether oxygens (including phenoxy) is 4. The van der Waals surface area contributed by atoms with E-state index in [9.17, 15) is 4.39 Å². The Morgan fingerprint density at radius 3 is 2.81 bits per heavy atom. The molecule has 2 aliphatic rings. The van der Waals surface area contributed by atoms with Gasteiger partial charge in [-0.25, -0.2) is 14.4 Å². The molecule has 2 aliphatic heterocycles. The molecule has 0 radical (unpaired) electrons. The Bertz CT molecular complexity index is 1270. The van der Waals surface area contributed by atoms with Gasteiger partial charge in [-0.05, 0) is 30.7 Å². The number of morpholine rings is 1. The zero-order valence-electron chi connectivity index (χ0n) is 19.7. The molecule has 0 aliphatic carbocycles. The van der Waals surface area contributed by atoms with E-state index in [1.165, 1.54) is 18.5 Å². The van der Waals surface area contributed by atoms with Crippen LogP contribution in [0.4, 0.5) is 21.6 Å². The average molecular weight is 514 g/mol. The van der Waals surface area contributed by atoms with E-state index in [1.807, 2.05) is 6.07 Å². The van der Waals surface area contributed by atoms with E-state index < -0.39 is 5.82 Å². The standard InChI is InChI=1S/C25H25ClFN5O4/c1-33-21-13-20-16(11-22(21)35-8-2-5-32-6-9-34-10-7-32)14-28-23-24(29-15-30-25(23)36-20)31-17-3-4-19(27)18(26)12-17/h3-4,11-15H,2,5-10H2,1H3,(H,29,30,31). The van der Waals surface area contributed by atoms with Gasteiger partial charge >= 0.3 is 0 Å². The first-order chi connectivity index (χ1) is 17.6. The fourth-order valence-corrected chi connectivity index (χ4v) is 4.09. The van der Waals surface area contributed by atoms with Crippen LogP contribution in [0.3, 0.4) is 0 Å². The lowest BCUT2D eigenvalue weighted by molar-refractivity contribution is 0.0357. The van der Waals surface area contributed by atoms with Crippen LogP contribution in [0.15, 0.2) is 41.7 Å². The van der Waals surface area contributed by atoms with Gasteiger partial charge in [0, 0.05) is 43.2 Å². The average Bonchev–Trinajstić information content (AvgIpc) is 3.08.